The number of aliphatic hydroxyl groups is 1. The summed E-state index contributed by atoms with van der Waals surface area (Å²) in [5.41, 5.74) is 9.28. The molecular weight excluding hydrogens is 318 g/mol. The molecule has 0 atom stereocenters. The van der Waals surface area contributed by atoms with Gasteiger partial charge >= 0.3 is 0 Å². The van der Waals surface area contributed by atoms with Crippen LogP contribution in [0, 0.1) is 0 Å². The maximum Gasteiger partial charge on any atom is 0.0926 e. The summed E-state index contributed by atoms with van der Waals surface area (Å²) in [6, 6.07) is 8.73. The van der Waals surface area contributed by atoms with Gasteiger partial charge in [0.15, 0.2) is 0 Å². The zero-order valence-electron chi connectivity index (χ0n) is 15.8. The Morgan fingerprint density at radius 2 is 1.92 bits per heavy atom. The molecule has 2 heteroatoms. The van der Waals surface area contributed by atoms with E-state index in [0.717, 1.165) is 36.2 Å². The molecule has 2 aliphatic rings. The SMILES string of the molecule is C=C1c2cccc3c4c(cc(c23)C(=C)N1C)C=C(/C(CCC)=C(\C)O)C4. The number of allylic oxidation sites excluding steroid dienone is 3. The number of hydrogen-bond acceptors (Lipinski definition) is 2. The molecule has 0 spiro atoms. The highest BCUT2D eigenvalue weighted by Crippen LogP contribution is 2.45. The van der Waals surface area contributed by atoms with Gasteiger partial charge < -0.3 is 10.0 Å². The van der Waals surface area contributed by atoms with Crippen LogP contribution in [0.5, 0.6) is 0 Å². The van der Waals surface area contributed by atoms with Crippen LogP contribution < -0.4 is 0 Å². The third-order valence-corrected chi connectivity index (χ3v) is 5.76. The second-order valence-corrected chi connectivity index (χ2v) is 7.33. The van der Waals surface area contributed by atoms with Crippen molar-refractivity contribution in [1.29, 1.82) is 0 Å². The van der Waals surface area contributed by atoms with Crippen LogP contribution in [0.2, 0.25) is 0 Å². The van der Waals surface area contributed by atoms with Crippen molar-refractivity contribution >= 4 is 28.2 Å². The van der Waals surface area contributed by atoms with E-state index in [1.165, 1.54) is 38.6 Å². The zero-order chi connectivity index (χ0) is 18.6. The summed E-state index contributed by atoms with van der Waals surface area (Å²) in [6.45, 7) is 12.5. The van der Waals surface area contributed by atoms with Gasteiger partial charge in [0, 0.05) is 35.0 Å². The Bertz CT molecular complexity index is 1030. The molecular formula is C24H25NO. The maximum absolute atomic E-state index is 10.2. The lowest BCUT2D eigenvalue weighted by molar-refractivity contribution is 0.405. The van der Waals surface area contributed by atoms with E-state index in [4.69, 9.17) is 0 Å². The average molecular weight is 343 g/mol. The van der Waals surface area contributed by atoms with Crippen molar-refractivity contribution in [1.82, 2.24) is 4.90 Å². The van der Waals surface area contributed by atoms with Gasteiger partial charge in [-0.05, 0) is 53.5 Å². The summed E-state index contributed by atoms with van der Waals surface area (Å²) >= 11 is 0. The first-order valence-corrected chi connectivity index (χ1v) is 9.24. The Labute approximate surface area is 155 Å². The van der Waals surface area contributed by atoms with Crippen molar-refractivity contribution in [3.05, 3.63) is 76.6 Å². The number of aliphatic hydroxyl groups excluding tert-OH is 1. The Kier molecular flexibility index (Phi) is 3.80. The molecule has 0 bridgehead atoms. The topological polar surface area (TPSA) is 23.5 Å². The van der Waals surface area contributed by atoms with Crippen LogP contribution in [-0.4, -0.2) is 17.1 Å². The molecule has 0 fully saturated rings. The first-order chi connectivity index (χ1) is 12.4. The average Bonchev–Trinajstić information content (AvgIpc) is 3.05. The molecule has 0 saturated carbocycles. The van der Waals surface area contributed by atoms with Gasteiger partial charge in [0.25, 0.3) is 0 Å². The van der Waals surface area contributed by atoms with Crippen molar-refractivity contribution in [2.75, 3.05) is 7.05 Å². The lowest BCUT2D eigenvalue weighted by Crippen LogP contribution is -2.19. The molecule has 2 aromatic carbocycles. The quantitative estimate of drug-likeness (QED) is 0.661. The standard InChI is InChI=1S/C24H25NO/c1-6-8-20(16(4)26)17-11-18-12-22-15(3)25(5)14(2)19-9-7-10-21(24(19)22)23(18)13-17/h7,9-12,26H,2-3,6,8,13H2,1,4-5H3/b20-16+. The first-order valence-electron chi connectivity index (χ1n) is 9.24. The summed E-state index contributed by atoms with van der Waals surface area (Å²) in [4.78, 5) is 2.07. The minimum Gasteiger partial charge on any atom is -0.512 e. The third kappa shape index (κ3) is 2.25. The fourth-order valence-corrected chi connectivity index (χ4v) is 4.33. The molecule has 1 aliphatic carbocycles. The maximum atomic E-state index is 10.2. The summed E-state index contributed by atoms with van der Waals surface area (Å²) in [5.74, 6) is 0.443. The Morgan fingerprint density at radius 1 is 1.19 bits per heavy atom. The van der Waals surface area contributed by atoms with Crippen LogP contribution in [-0.2, 0) is 6.42 Å². The molecule has 2 aromatic rings. The smallest absolute Gasteiger partial charge is 0.0926 e. The molecule has 132 valence electrons. The molecule has 0 radical (unpaired) electrons. The van der Waals surface area contributed by atoms with E-state index in [1.54, 1.807) is 6.92 Å². The predicted molar refractivity (Wildman–Crippen MR) is 112 cm³/mol. The predicted octanol–water partition coefficient (Wildman–Crippen LogP) is 6.30. The molecule has 0 unspecified atom stereocenters. The second kappa shape index (κ2) is 5.91. The van der Waals surface area contributed by atoms with Crippen molar-refractivity contribution in [3.8, 4) is 0 Å². The molecule has 2 nitrogen and oxygen atoms in total. The zero-order valence-corrected chi connectivity index (χ0v) is 15.8. The number of hydrogen-bond donors (Lipinski definition) is 1. The molecule has 26 heavy (non-hydrogen) atoms. The van der Waals surface area contributed by atoms with E-state index in [-0.39, 0.29) is 0 Å². The molecule has 1 aliphatic heterocycles. The van der Waals surface area contributed by atoms with Gasteiger partial charge in [0.2, 0.25) is 0 Å². The lowest BCUT2D eigenvalue weighted by atomic mass is 9.87. The van der Waals surface area contributed by atoms with Crippen LogP contribution >= 0.6 is 0 Å². The summed E-state index contributed by atoms with van der Waals surface area (Å²) in [5, 5.41) is 12.7. The highest BCUT2D eigenvalue weighted by molar-refractivity contribution is 6.08. The number of rotatable bonds is 3. The summed E-state index contributed by atoms with van der Waals surface area (Å²) < 4.78 is 0. The lowest BCUT2D eigenvalue weighted by Gasteiger charge is -2.32. The fourth-order valence-electron chi connectivity index (χ4n) is 4.33. The van der Waals surface area contributed by atoms with E-state index in [1.807, 2.05) is 7.05 Å². The summed E-state index contributed by atoms with van der Waals surface area (Å²) in [6.07, 6.45) is 5.06. The molecule has 1 heterocycles. The normalized spacial score (nSPS) is 16.7. The van der Waals surface area contributed by atoms with Crippen molar-refractivity contribution in [2.24, 2.45) is 0 Å². The highest BCUT2D eigenvalue weighted by Gasteiger charge is 2.27. The number of fused-ring (bicyclic) bond motifs is 2. The third-order valence-electron chi connectivity index (χ3n) is 5.76. The van der Waals surface area contributed by atoms with E-state index >= 15 is 0 Å². The molecule has 1 N–H and O–H groups in total. The van der Waals surface area contributed by atoms with Crippen LogP contribution in [0.4, 0.5) is 0 Å². The Morgan fingerprint density at radius 3 is 2.62 bits per heavy atom. The van der Waals surface area contributed by atoms with Crippen molar-refractivity contribution in [2.45, 2.75) is 33.1 Å². The number of nitrogens with zero attached hydrogens (tertiary/aromatic N) is 1. The largest absolute Gasteiger partial charge is 0.512 e. The molecule has 0 amide bonds. The highest BCUT2D eigenvalue weighted by atomic mass is 16.3. The summed E-state index contributed by atoms with van der Waals surface area (Å²) in [7, 11) is 2.03. The van der Waals surface area contributed by atoms with E-state index in [9.17, 15) is 5.11 Å². The van der Waals surface area contributed by atoms with Crippen LogP contribution in [0.25, 0.3) is 28.2 Å². The van der Waals surface area contributed by atoms with Gasteiger partial charge in [0.05, 0.1) is 5.76 Å². The Hall–Kier alpha value is -2.74. The number of benzene rings is 2. The van der Waals surface area contributed by atoms with E-state index in [0.29, 0.717) is 5.76 Å². The van der Waals surface area contributed by atoms with E-state index in [2.05, 4.69) is 55.3 Å². The van der Waals surface area contributed by atoms with Gasteiger partial charge in [-0.2, -0.15) is 0 Å². The van der Waals surface area contributed by atoms with Crippen LogP contribution in [0.1, 0.15) is 48.9 Å². The first kappa shape index (κ1) is 16.7. The van der Waals surface area contributed by atoms with Crippen LogP contribution in [0.15, 0.2) is 54.3 Å². The monoisotopic (exact) mass is 343 g/mol. The van der Waals surface area contributed by atoms with Gasteiger partial charge in [-0.15, -0.1) is 0 Å². The minimum atomic E-state index is 0.443. The molecule has 0 saturated heterocycles. The molecule has 0 aromatic heterocycles. The van der Waals surface area contributed by atoms with Gasteiger partial charge in [-0.1, -0.05) is 50.8 Å². The van der Waals surface area contributed by atoms with Gasteiger partial charge in [-0.25, -0.2) is 0 Å². The second-order valence-electron chi connectivity index (χ2n) is 7.33. The minimum absolute atomic E-state index is 0.443. The van der Waals surface area contributed by atoms with Crippen molar-refractivity contribution in [3.63, 3.8) is 0 Å². The molecule has 4 rings (SSSR count). The van der Waals surface area contributed by atoms with Crippen LogP contribution in [0.3, 0.4) is 0 Å². The van der Waals surface area contributed by atoms with Gasteiger partial charge in [-0.3, -0.25) is 0 Å². The van der Waals surface area contributed by atoms with E-state index < -0.39 is 0 Å². The van der Waals surface area contributed by atoms with Crippen molar-refractivity contribution < 1.29 is 5.11 Å². The fraction of sp³-hybridized carbons (Fsp3) is 0.250. The van der Waals surface area contributed by atoms with Gasteiger partial charge in [0.1, 0.15) is 0 Å². The Balaban J connectivity index is 1.95.